The fraction of sp³-hybridized carbons (Fsp3) is 0.786. The van der Waals surface area contributed by atoms with E-state index < -0.39 is 35.6 Å². The second-order valence-corrected chi connectivity index (χ2v) is 6.14. The molecule has 0 unspecified atom stereocenters. The molecule has 0 aliphatic rings. The van der Waals surface area contributed by atoms with E-state index in [4.69, 9.17) is 10.5 Å². The van der Waals surface area contributed by atoms with Crippen LogP contribution >= 0.6 is 0 Å². The van der Waals surface area contributed by atoms with Gasteiger partial charge in [-0.1, -0.05) is 20.3 Å². The summed E-state index contributed by atoms with van der Waals surface area (Å²) in [5.41, 5.74) is 4.63. The highest BCUT2D eigenvalue weighted by Crippen LogP contribution is 2.08. The third-order valence-corrected chi connectivity index (χ3v) is 2.94. The van der Waals surface area contributed by atoms with Crippen LogP contribution in [-0.2, 0) is 14.3 Å². The lowest BCUT2D eigenvalue weighted by Gasteiger charge is -2.24. The molecule has 0 aromatic heterocycles. The molecule has 0 rings (SSSR count). The number of rotatable bonds is 6. The number of alkyl carbamates (subject to hydrolysis) is 1. The molecular formula is C14H27N3O4. The predicted octanol–water partition coefficient (Wildman–Crippen LogP) is 0.916. The van der Waals surface area contributed by atoms with Crippen molar-refractivity contribution in [1.29, 1.82) is 0 Å². The van der Waals surface area contributed by atoms with E-state index in [1.54, 1.807) is 20.8 Å². The molecule has 0 aromatic carbocycles. The maximum atomic E-state index is 12.0. The van der Waals surface area contributed by atoms with Crippen molar-refractivity contribution in [2.45, 2.75) is 65.6 Å². The first kappa shape index (κ1) is 19.2. The van der Waals surface area contributed by atoms with Gasteiger partial charge in [0.15, 0.2) is 0 Å². The fourth-order valence-electron chi connectivity index (χ4n) is 1.56. The summed E-state index contributed by atoms with van der Waals surface area (Å²) in [6, 6.07) is -1.59. The van der Waals surface area contributed by atoms with Crippen molar-refractivity contribution in [3.63, 3.8) is 0 Å². The Kier molecular flexibility index (Phi) is 7.18. The van der Waals surface area contributed by atoms with Crippen LogP contribution in [0.15, 0.2) is 0 Å². The molecule has 0 aliphatic heterocycles. The lowest BCUT2D eigenvalue weighted by atomic mass is 9.98. The van der Waals surface area contributed by atoms with Gasteiger partial charge in [0, 0.05) is 0 Å². The Bertz CT molecular complexity index is 390. The van der Waals surface area contributed by atoms with E-state index in [2.05, 4.69) is 10.6 Å². The Morgan fingerprint density at radius 1 is 1.14 bits per heavy atom. The smallest absolute Gasteiger partial charge is 0.408 e. The van der Waals surface area contributed by atoms with Gasteiger partial charge in [0.2, 0.25) is 11.8 Å². The van der Waals surface area contributed by atoms with Gasteiger partial charge in [0.1, 0.15) is 17.7 Å². The zero-order valence-corrected chi connectivity index (χ0v) is 13.6. The van der Waals surface area contributed by atoms with Gasteiger partial charge < -0.3 is 21.1 Å². The Hall–Kier alpha value is -1.79. The highest BCUT2D eigenvalue weighted by atomic mass is 16.6. The summed E-state index contributed by atoms with van der Waals surface area (Å²) in [4.78, 5) is 34.9. The number of carbonyl (C=O) groups is 3. The number of amides is 3. The molecule has 0 bridgehead atoms. The molecule has 0 radical (unpaired) electrons. The molecule has 21 heavy (non-hydrogen) atoms. The molecule has 122 valence electrons. The molecule has 3 atom stereocenters. The van der Waals surface area contributed by atoms with E-state index in [-0.39, 0.29) is 5.92 Å². The lowest BCUT2D eigenvalue weighted by molar-refractivity contribution is -0.129. The van der Waals surface area contributed by atoms with Gasteiger partial charge in [-0.15, -0.1) is 0 Å². The Balaban J connectivity index is 4.57. The van der Waals surface area contributed by atoms with Crippen molar-refractivity contribution in [3.05, 3.63) is 0 Å². The van der Waals surface area contributed by atoms with Crippen LogP contribution in [0.2, 0.25) is 0 Å². The van der Waals surface area contributed by atoms with Crippen LogP contribution in [0.5, 0.6) is 0 Å². The van der Waals surface area contributed by atoms with Gasteiger partial charge in [-0.05, 0) is 33.6 Å². The average molecular weight is 301 g/mol. The molecule has 7 heteroatoms. The summed E-state index contributed by atoms with van der Waals surface area (Å²) < 4.78 is 5.06. The Morgan fingerprint density at radius 3 is 2.05 bits per heavy atom. The maximum Gasteiger partial charge on any atom is 0.408 e. The highest BCUT2D eigenvalue weighted by Gasteiger charge is 2.27. The maximum absolute atomic E-state index is 12.0. The van der Waals surface area contributed by atoms with E-state index >= 15 is 0 Å². The zero-order valence-electron chi connectivity index (χ0n) is 13.6. The van der Waals surface area contributed by atoms with Crippen LogP contribution in [-0.4, -0.2) is 35.6 Å². The minimum Gasteiger partial charge on any atom is -0.444 e. The summed E-state index contributed by atoms with van der Waals surface area (Å²) >= 11 is 0. The number of primary amides is 1. The number of nitrogens with one attached hydrogen (secondary N) is 2. The van der Waals surface area contributed by atoms with E-state index in [0.717, 1.165) is 0 Å². The molecule has 0 aromatic rings. The first-order valence-corrected chi connectivity index (χ1v) is 7.07. The normalized spacial score (nSPS) is 15.5. The SMILES string of the molecule is CC[C@H](C)[C@@H](NC(=O)[C@@H](C)NC(=O)OC(C)(C)C)C(N)=O. The largest absolute Gasteiger partial charge is 0.444 e. The third-order valence-electron chi connectivity index (χ3n) is 2.94. The van der Waals surface area contributed by atoms with Crippen molar-refractivity contribution in [2.24, 2.45) is 11.7 Å². The average Bonchev–Trinajstić information content (AvgIpc) is 2.31. The quantitative estimate of drug-likeness (QED) is 0.677. The van der Waals surface area contributed by atoms with Gasteiger partial charge in [0.05, 0.1) is 0 Å². The molecule has 3 amide bonds. The lowest BCUT2D eigenvalue weighted by Crippen LogP contribution is -2.54. The van der Waals surface area contributed by atoms with Crippen LogP contribution in [0, 0.1) is 5.92 Å². The minimum atomic E-state index is -0.828. The molecule has 0 heterocycles. The van der Waals surface area contributed by atoms with Crippen LogP contribution in [0.25, 0.3) is 0 Å². The number of hydrogen-bond acceptors (Lipinski definition) is 4. The molecule has 0 spiro atoms. The molecule has 4 N–H and O–H groups in total. The Morgan fingerprint density at radius 2 is 1.67 bits per heavy atom. The first-order chi connectivity index (χ1) is 9.47. The zero-order chi connectivity index (χ0) is 16.8. The number of nitrogens with two attached hydrogens (primary N) is 1. The van der Waals surface area contributed by atoms with Crippen LogP contribution in [0.4, 0.5) is 4.79 Å². The number of hydrogen-bond donors (Lipinski definition) is 3. The van der Waals surface area contributed by atoms with Gasteiger partial charge in [-0.25, -0.2) is 4.79 Å². The second kappa shape index (κ2) is 7.85. The van der Waals surface area contributed by atoms with Crippen molar-refractivity contribution >= 4 is 17.9 Å². The van der Waals surface area contributed by atoms with Gasteiger partial charge >= 0.3 is 6.09 Å². The molecule has 0 saturated heterocycles. The summed E-state index contributed by atoms with van der Waals surface area (Å²) in [7, 11) is 0. The van der Waals surface area contributed by atoms with Gasteiger partial charge in [-0.2, -0.15) is 0 Å². The summed E-state index contributed by atoms with van der Waals surface area (Å²) in [6.45, 7) is 10.4. The van der Waals surface area contributed by atoms with E-state index in [9.17, 15) is 14.4 Å². The molecule has 0 saturated carbocycles. The van der Waals surface area contributed by atoms with E-state index in [1.165, 1.54) is 6.92 Å². The van der Waals surface area contributed by atoms with Crippen LogP contribution in [0.1, 0.15) is 48.0 Å². The predicted molar refractivity (Wildman–Crippen MR) is 79.4 cm³/mol. The number of ether oxygens (including phenoxy) is 1. The highest BCUT2D eigenvalue weighted by molar-refractivity contribution is 5.90. The van der Waals surface area contributed by atoms with Crippen LogP contribution in [0.3, 0.4) is 0 Å². The Labute approximate surface area is 126 Å². The summed E-state index contributed by atoms with van der Waals surface area (Å²) in [5, 5.41) is 4.96. The van der Waals surface area contributed by atoms with Crippen molar-refractivity contribution in [3.8, 4) is 0 Å². The van der Waals surface area contributed by atoms with Crippen molar-refractivity contribution in [2.75, 3.05) is 0 Å². The summed E-state index contributed by atoms with van der Waals surface area (Å²) in [5.74, 6) is -1.16. The number of carbonyl (C=O) groups excluding carboxylic acids is 3. The van der Waals surface area contributed by atoms with Crippen LogP contribution < -0.4 is 16.4 Å². The first-order valence-electron chi connectivity index (χ1n) is 7.07. The van der Waals surface area contributed by atoms with Crippen molar-refractivity contribution < 1.29 is 19.1 Å². The third kappa shape index (κ3) is 7.53. The molecular weight excluding hydrogens is 274 g/mol. The van der Waals surface area contributed by atoms with E-state index in [1.807, 2.05) is 13.8 Å². The van der Waals surface area contributed by atoms with Gasteiger partial charge in [-0.3, -0.25) is 9.59 Å². The standard InChI is InChI=1S/C14H27N3O4/c1-7-8(2)10(11(15)18)17-12(19)9(3)16-13(20)21-14(4,5)6/h8-10H,7H2,1-6H3,(H2,15,18)(H,16,20)(H,17,19)/t8-,9+,10+/m0/s1. The molecule has 0 aliphatic carbocycles. The second-order valence-electron chi connectivity index (χ2n) is 6.14. The van der Waals surface area contributed by atoms with E-state index in [0.29, 0.717) is 6.42 Å². The van der Waals surface area contributed by atoms with Crippen molar-refractivity contribution in [1.82, 2.24) is 10.6 Å². The minimum absolute atomic E-state index is 0.0832. The molecule has 0 fully saturated rings. The van der Waals surface area contributed by atoms with Gasteiger partial charge in [0.25, 0.3) is 0 Å². The summed E-state index contributed by atoms with van der Waals surface area (Å²) in [6.07, 6.45) is 0.00574. The monoisotopic (exact) mass is 301 g/mol. The topological polar surface area (TPSA) is 111 Å². The molecule has 7 nitrogen and oxygen atoms in total. The fourth-order valence-corrected chi connectivity index (χ4v) is 1.56.